The summed E-state index contributed by atoms with van der Waals surface area (Å²) in [6, 6.07) is 2.93. The van der Waals surface area contributed by atoms with Gasteiger partial charge in [0.25, 0.3) is 0 Å². The molecule has 6 heteroatoms. The number of nitrogens with two attached hydrogens (primary N) is 1. The summed E-state index contributed by atoms with van der Waals surface area (Å²) in [5.41, 5.74) is 5.52. The Balaban J connectivity index is 2.94. The molecule has 0 aliphatic heterocycles. The number of anilines is 1. The van der Waals surface area contributed by atoms with E-state index in [-0.39, 0.29) is 17.0 Å². The number of rotatable bonds is 4. The molecule has 5 N–H and O–H groups in total. The number of carbonyl (C=O) groups is 2. The molecule has 1 rings (SSSR count). The summed E-state index contributed by atoms with van der Waals surface area (Å²) in [7, 11) is 0. The van der Waals surface area contributed by atoms with Crippen molar-refractivity contribution in [1.82, 2.24) is 0 Å². The van der Waals surface area contributed by atoms with E-state index in [2.05, 4.69) is 5.32 Å². The van der Waals surface area contributed by atoms with Crippen molar-refractivity contribution in [2.24, 2.45) is 5.73 Å². The van der Waals surface area contributed by atoms with Gasteiger partial charge in [0, 0.05) is 0 Å². The third-order valence-electron chi connectivity index (χ3n) is 2.28. The zero-order valence-electron chi connectivity index (χ0n) is 9.30. The standard InChI is InChI=1S/C11H14N2O4/c1-2-7(12)10(15)13-8-5-6(11(16)17)3-4-9(8)14/h3-5,7,14H,2,12H2,1H3,(H,13,15)(H,16,17). The normalized spacial score (nSPS) is 11.9. The Morgan fingerprint density at radius 1 is 1.47 bits per heavy atom. The highest BCUT2D eigenvalue weighted by Gasteiger charge is 2.14. The fourth-order valence-electron chi connectivity index (χ4n) is 1.18. The number of aromatic hydroxyl groups is 1. The Labute approximate surface area is 98.1 Å². The first-order valence-corrected chi connectivity index (χ1v) is 5.08. The monoisotopic (exact) mass is 238 g/mol. The molecule has 1 amide bonds. The summed E-state index contributed by atoms with van der Waals surface area (Å²) in [5, 5.41) is 20.6. The Bertz CT molecular complexity index is 445. The lowest BCUT2D eigenvalue weighted by atomic mass is 10.1. The van der Waals surface area contributed by atoms with E-state index in [9.17, 15) is 14.7 Å². The van der Waals surface area contributed by atoms with Crippen LogP contribution in [0.3, 0.4) is 0 Å². The smallest absolute Gasteiger partial charge is 0.335 e. The van der Waals surface area contributed by atoms with Gasteiger partial charge in [0.1, 0.15) is 5.75 Å². The van der Waals surface area contributed by atoms with Crippen LogP contribution in [0.25, 0.3) is 0 Å². The summed E-state index contributed by atoms with van der Waals surface area (Å²) >= 11 is 0. The lowest BCUT2D eigenvalue weighted by molar-refractivity contribution is -0.117. The van der Waals surface area contributed by atoms with Crippen LogP contribution < -0.4 is 11.1 Å². The van der Waals surface area contributed by atoms with E-state index >= 15 is 0 Å². The molecule has 0 aliphatic rings. The zero-order chi connectivity index (χ0) is 13.0. The van der Waals surface area contributed by atoms with E-state index in [1.54, 1.807) is 6.92 Å². The van der Waals surface area contributed by atoms with Gasteiger partial charge in [0.05, 0.1) is 17.3 Å². The molecule has 1 aromatic rings. The first-order valence-electron chi connectivity index (χ1n) is 5.08. The second-order valence-corrected chi connectivity index (χ2v) is 3.54. The summed E-state index contributed by atoms with van der Waals surface area (Å²) in [5.74, 6) is -1.81. The van der Waals surface area contributed by atoms with Crippen LogP contribution in [0, 0.1) is 0 Å². The maximum atomic E-state index is 11.5. The van der Waals surface area contributed by atoms with Crippen LogP contribution in [0.15, 0.2) is 18.2 Å². The van der Waals surface area contributed by atoms with Crippen LogP contribution in [0.5, 0.6) is 5.75 Å². The number of phenols is 1. The molecule has 1 unspecified atom stereocenters. The number of hydrogen-bond acceptors (Lipinski definition) is 4. The highest BCUT2D eigenvalue weighted by Crippen LogP contribution is 2.24. The van der Waals surface area contributed by atoms with Gasteiger partial charge in [-0.2, -0.15) is 0 Å². The summed E-state index contributed by atoms with van der Waals surface area (Å²) in [4.78, 5) is 22.2. The molecule has 0 saturated carbocycles. The molecule has 0 bridgehead atoms. The van der Waals surface area contributed by atoms with Gasteiger partial charge in [0.15, 0.2) is 0 Å². The molecule has 0 aromatic heterocycles. The fraction of sp³-hybridized carbons (Fsp3) is 0.273. The van der Waals surface area contributed by atoms with Gasteiger partial charge in [-0.25, -0.2) is 4.79 Å². The first kappa shape index (κ1) is 13.0. The van der Waals surface area contributed by atoms with E-state index in [0.717, 1.165) is 0 Å². The fourth-order valence-corrected chi connectivity index (χ4v) is 1.18. The third-order valence-corrected chi connectivity index (χ3v) is 2.28. The molecular formula is C11H14N2O4. The van der Waals surface area contributed by atoms with E-state index in [1.165, 1.54) is 18.2 Å². The van der Waals surface area contributed by atoms with Crippen molar-refractivity contribution in [3.63, 3.8) is 0 Å². The highest BCUT2D eigenvalue weighted by atomic mass is 16.4. The van der Waals surface area contributed by atoms with Gasteiger partial charge in [-0.15, -0.1) is 0 Å². The molecule has 0 radical (unpaired) electrons. The first-order chi connectivity index (χ1) is 7.95. The number of hydrogen-bond donors (Lipinski definition) is 4. The highest BCUT2D eigenvalue weighted by molar-refractivity contribution is 5.97. The van der Waals surface area contributed by atoms with Crippen LogP contribution in [0.2, 0.25) is 0 Å². The van der Waals surface area contributed by atoms with Crippen molar-refractivity contribution in [3.8, 4) is 5.75 Å². The van der Waals surface area contributed by atoms with Crippen molar-refractivity contribution in [2.75, 3.05) is 5.32 Å². The molecular weight excluding hydrogens is 224 g/mol. The molecule has 0 aliphatic carbocycles. The Morgan fingerprint density at radius 2 is 2.12 bits per heavy atom. The number of carboxylic acid groups (broad SMARTS) is 1. The maximum Gasteiger partial charge on any atom is 0.335 e. The van der Waals surface area contributed by atoms with Crippen LogP contribution in [-0.4, -0.2) is 28.1 Å². The van der Waals surface area contributed by atoms with Crippen LogP contribution in [0.1, 0.15) is 23.7 Å². The SMILES string of the molecule is CCC(N)C(=O)Nc1cc(C(=O)O)ccc1O. The van der Waals surface area contributed by atoms with Gasteiger partial charge in [-0.05, 0) is 24.6 Å². The third kappa shape index (κ3) is 3.18. The number of benzene rings is 1. The van der Waals surface area contributed by atoms with E-state index in [1.807, 2.05) is 0 Å². The zero-order valence-corrected chi connectivity index (χ0v) is 9.30. The number of nitrogens with one attached hydrogen (secondary N) is 1. The molecule has 92 valence electrons. The minimum atomic E-state index is -1.14. The molecule has 6 nitrogen and oxygen atoms in total. The summed E-state index contributed by atoms with van der Waals surface area (Å²) in [6.45, 7) is 1.75. The number of amides is 1. The average molecular weight is 238 g/mol. The average Bonchev–Trinajstić information content (AvgIpc) is 2.30. The minimum Gasteiger partial charge on any atom is -0.506 e. The van der Waals surface area contributed by atoms with Crippen LogP contribution >= 0.6 is 0 Å². The van der Waals surface area contributed by atoms with E-state index in [4.69, 9.17) is 10.8 Å². The van der Waals surface area contributed by atoms with Gasteiger partial charge < -0.3 is 21.3 Å². The van der Waals surface area contributed by atoms with Crippen molar-refractivity contribution >= 4 is 17.6 Å². The topological polar surface area (TPSA) is 113 Å². The molecule has 1 atom stereocenters. The maximum absolute atomic E-state index is 11.5. The summed E-state index contributed by atoms with van der Waals surface area (Å²) < 4.78 is 0. The molecule has 0 fully saturated rings. The molecule has 0 saturated heterocycles. The molecule has 0 heterocycles. The predicted molar refractivity (Wildman–Crippen MR) is 62.0 cm³/mol. The van der Waals surface area contributed by atoms with Crippen molar-refractivity contribution in [2.45, 2.75) is 19.4 Å². The van der Waals surface area contributed by atoms with Crippen molar-refractivity contribution in [1.29, 1.82) is 0 Å². The number of carbonyl (C=O) groups excluding carboxylic acids is 1. The molecule has 1 aromatic carbocycles. The van der Waals surface area contributed by atoms with Gasteiger partial charge in [0.2, 0.25) is 5.91 Å². The quantitative estimate of drug-likeness (QED) is 0.578. The molecule has 0 spiro atoms. The Morgan fingerprint density at radius 3 is 2.65 bits per heavy atom. The van der Waals surface area contributed by atoms with Crippen molar-refractivity contribution < 1.29 is 19.8 Å². The summed E-state index contributed by atoms with van der Waals surface area (Å²) in [6.07, 6.45) is 0.450. The number of phenolic OH excluding ortho intramolecular Hbond substituents is 1. The van der Waals surface area contributed by atoms with E-state index < -0.39 is 17.9 Å². The van der Waals surface area contributed by atoms with Gasteiger partial charge in [-0.1, -0.05) is 6.92 Å². The van der Waals surface area contributed by atoms with Crippen LogP contribution in [-0.2, 0) is 4.79 Å². The van der Waals surface area contributed by atoms with Crippen molar-refractivity contribution in [3.05, 3.63) is 23.8 Å². The second-order valence-electron chi connectivity index (χ2n) is 3.54. The Kier molecular flexibility index (Phi) is 4.06. The van der Waals surface area contributed by atoms with Gasteiger partial charge >= 0.3 is 5.97 Å². The Hall–Kier alpha value is -2.08. The number of aromatic carboxylic acids is 1. The number of carboxylic acids is 1. The minimum absolute atomic E-state index is 0.0248. The van der Waals surface area contributed by atoms with Gasteiger partial charge in [-0.3, -0.25) is 4.79 Å². The lowest BCUT2D eigenvalue weighted by Gasteiger charge is -2.11. The largest absolute Gasteiger partial charge is 0.506 e. The predicted octanol–water partition coefficient (Wildman–Crippen LogP) is 0.766. The second kappa shape index (κ2) is 5.31. The van der Waals surface area contributed by atoms with E-state index in [0.29, 0.717) is 6.42 Å². The lowest BCUT2D eigenvalue weighted by Crippen LogP contribution is -2.34. The molecule has 17 heavy (non-hydrogen) atoms. The van der Waals surface area contributed by atoms with Crippen LogP contribution in [0.4, 0.5) is 5.69 Å².